The number of anilines is 1. The lowest BCUT2D eigenvalue weighted by atomic mass is 10.2. The second-order valence-corrected chi connectivity index (χ2v) is 9.35. The molecule has 0 aliphatic rings. The van der Waals surface area contributed by atoms with Gasteiger partial charge in [0.15, 0.2) is 0 Å². The zero-order chi connectivity index (χ0) is 19.4. The third-order valence-corrected chi connectivity index (χ3v) is 6.29. The Bertz CT molecular complexity index is 1020. The molecule has 0 atom stereocenters. The van der Waals surface area contributed by atoms with Gasteiger partial charge in [-0.25, -0.2) is 21.6 Å². The topological polar surface area (TPSA) is 107 Å². The first-order valence-corrected chi connectivity index (χ1v) is 11.0. The zero-order valence-electron chi connectivity index (χ0n) is 14.4. The molecule has 7 nitrogen and oxygen atoms in total. The van der Waals surface area contributed by atoms with E-state index in [0.29, 0.717) is 0 Å². The maximum Gasteiger partial charge on any atom is 0.240 e. The van der Waals surface area contributed by atoms with Crippen molar-refractivity contribution in [2.45, 2.75) is 11.8 Å². The van der Waals surface area contributed by atoms with Crippen LogP contribution in [0, 0.1) is 18.3 Å². The Morgan fingerprint density at radius 2 is 1.65 bits per heavy atom. The summed E-state index contributed by atoms with van der Waals surface area (Å²) in [6.45, 7) is 1.58. The molecule has 0 saturated carbocycles. The molecule has 0 unspecified atom stereocenters. The van der Waals surface area contributed by atoms with Gasteiger partial charge in [-0.05, 0) is 31.2 Å². The highest BCUT2D eigenvalue weighted by Crippen LogP contribution is 2.21. The van der Waals surface area contributed by atoms with Gasteiger partial charge in [-0.1, -0.05) is 29.8 Å². The number of nitrogens with one attached hydrogen (secondary N) is 1. The van der Waals surface area contributed by atoms with Crippen LogP contribution in [-0.2, 0) is 20.0 Å². The average molecular weight is 393 g/mol. The molecular weight excluding hydrogens is 374 g/mol. The van der Waals surface area contributed by atoms with Gasteiger partial charge in [0.1, 0.15) is 6.07 Å². The minimum absolute atomic E-state index is 0.103. The minimum Gasteiger partial charge on any atom is -0.268 e. The van der Waals surface area contributed by atoms with Crippen molar-refractivity contribution in [2.75, 3.05) is 23.7 Å². The Balaban J connectivity index is 2.19. The summed E-state index contributed by atoms with van der Waals surface area (Å²) in [6.07, 6.45) is 1.01. The number of hydrogen-bond donors (Lipinski definition) is 1. The van der Waals surface area contributed by atoms with Crippen LogP contribution >= 0.6 is 0 Å². The number of sulfonamides is 2. The quantitative estimate of drug-likeness (QED) is 0.769. The second kappa shape index (κ2) is 7.86. The van der Waals surface area contributed by atoms with Gasteiger partial charge in [0.05, 0.1) is 22.4 Å². The number of para-hydroxylation sites is 1. The third-order valence-electron chi connectivity index (χ3n) is 3.63. The lowest BCUT2D eigenvalue weighted by molar-refractivity contribution is 0.578. The molecular formula is C17H19N3O4S2. The van der Waals surface area contributed by atoms with Crippen LogP contribution < -0.4 is 9.03 Å². The van der Waals surface area contributed by atoms with Gasteiger partial charge in [0.2, 0.25) is 20.0 Å². The van der Waals surface area contributed by atoms with Gasteiger partial charge in [0.25, 0.3) is 0 Å². The normalized spacial score (nSPS) is 11.7. The summed E-state index contributed by atoms with van der Waals surface area (Å²) in [7, 11) is -7.44. The SMILES string of the molecule is Cc1ccc(S(=O)(=O)NCCN(c2ccccc2C#N)S(C)(=O)=O)cc1. The lowest BCUT2D eigenvalue weighted by Crippen LogP contribution is -2.38. The highest BCUT2D eigenvalue weighted by molar-refractivity contribution is 7.92. The van der Waals surface area contributed by atoms with E-state index < -0.39 is 20.0 Å². The van der Waals surface area contributed by atoms with Crippen molar-refractivity contribution >= 4 is 25.7 Å². The van der Waals surface area contributed by atoms with Crippen molar-refractivity contribution in [3.63, 3.8) is 0 Å². The van der Waals surface area contributed by atoms with Crippen molar-refractivity contribution in [1.82, 2.24) is 4.72 Å². The predicted octanol–water partition coefficient (Wildman–Crippen LogP) is 1.61. The first-order valence-electron chi connectivity index (χ1n) is 7.68. The second-order valence-electron chi connectivity index (χ2n) is 5.67. The average Bonchev–Trinajstić information content (AvgIpc) is 2.58. The molecule has 0 radical (unpaired) electrons. The first kappa shape index (κ1) is 19.9. The number of benzene rings is 2. The summed E-state index contributed by atoms with van der Waals surface area (Å²) in [5.74, 6) is 0. The molecule has 0 aliphatic heterocycles. The van der Waals surface area contributed by atoms with Gasteiger partial charge < -0.3 is 0 Å². The fourth-order valence-electron chi connectivity index (χ4n) is 2.33. The number of nitriles is 1. The molecule has 0 amide bonds. The molecule has 0 heterocycles. The molecule has 2 aromatic rings. The lowest BCUT2D eigenvalue weighted by Gasteiger charge is -2.23. The Morgan fingerprint density at radius 1 is 1.04 bits per heavy atom. The van der Waals surface area contributed by atoms with Crippen LogP contribution in [0.2, 0.25) is 0 Å². The maximum atomic E-state index is 12.3. The number of aryl methyl sites for hydroxylation is 1. The van der Waals surface area contributed by atoms with Crippen LogP contribution in [0.1, 0.15) is 11.1 Å². The van der Waals surface area contributed by atoms with E-state index in [1.807, 2.05) is 13.0 Å². The van der Waals surface area contributed by atoms with E-state index in [2.05, 4.69) is 4.72 Å². The van der Waals surface area contributed by atoms with E-state index in [-0.39, 0.29) is 29.2 Å². The molecule has 0 spiro atoms. The van der Waals surface area contributed by atoms with Crippen LogP contribution in [0.4, 0.5) is 5.69 Å². The molecule has 26 heavy (non-hydrogen) atoms. The summed E-state index contributed by atoms with van der Waals surface area (Å²) in [6, 6.07) is 14.5. The van der Waals surface area contributed by atoms with Gasteiger partial charge in [-0.2, -0.15) is 5.26 Å². The fraction of sp³-hybridized carbons (Fsp3) is 0.235. The van der Waals surface area contributed by atoms with E-state index in [4.69, 9.17) is 0 Å². The number of hydrogen-bond acceptors (Lipinski definition) is 5. The minimum atomic E-state index is -3.75. The third kappa shape index (κ3) is 4.82. The van der Waals surface area contributed by atoms with Gasteiger partial charge >= 0.3 is 0 Å². The van der Waals surface area contributed by atoms with Crippen molar-refractivity contribution in [1.29, 1.82) is 5.26 Å². The highest BCUT2D eigenvalue weighted by atomic mass is 32.2. The molecule has 0 aliphatic carbocycles. The zero-order valence-corrected chi connectivity index (χ0v) is 16.0. The first-order chi connectivity index (χ1) is 12.1. The molecule has 0 aromatic heterocycles. The highest BCUT2D eigenvalue weighted by Gasteiger charge is 2.21. The van der Waals surface area contributed by atoms with Crippen LogP contribution in [0.3, 0.4) is 0 Å². The molecule has 0 fully saturated rings. The summed E-state index contributed by atoms with van der Waals surface area (Å²) in [5.41, 5.74) is 1.34. The molecule has 2 aromatic carbocycles. The summed E-state index contributed by atoms with van der Waals surface area (Å²) in [4.78, 5) is 0.103. The standard InChI is InChI=1S/C17H19N3O4S2/c1-14-7-9-16(10-8-14)26(23,24)19-11-12-20(25(2,21)22)17-6-4-3-5-15(17)13-18/h3-10,19H,11-12H2,1-2H3. The molecule has 9 heteroatoms. The van der Waals surface area contributed by atoms with Gasteiger partial charge in [0, 0.05) is 13.1 Å². The van der Waals surface area contributed by atoms with Crippen LogP contribution in [-0.4, -0.2) is 36.2 Å². The fourth-order valence-corrected chi connectivity index (χ4v) is 4.29. The van der Waals surface area contributed by atoms with Crippen molar-refractivity contribution in [3.8, 4) is 6.07 Å². The molecule has 2 rings (SSSR count). The van der Waals surface area contributed by atoms with E-state index in [9.17, 15) is 22.1 Å². The Morgan fingerprint density at radius 3 is 2.23 bits per heavy atom. The number of nitrogens with zero attached hydrogens (tertiary/aromatic N) is 2. The molecule has 0 bridgehead atoms. The van der Waals surface area contributed by atoms with E-state index in [1.165, 1.54) is 24.3 Å². The largest absolute Gasteiger partial charge is 0.268 e. The summed E-state index contributed by atoms with van der Waals surface area (Å²) in [5, 5.41) is 9.18. The van der Waals surface area contributed by atoms with Gasteiger partial charge in [-0.3, -0.25) is 4.31 Å². The monoisotopic (exact) mass is 393 g/mol. The van der Waals surface area contributed by atoms with E-state index >= 15 is 0 Å². The predicted molar refractivity (Wildman–Crippen MR) is 99.7 cm³/mol. The number of rotatable bonds is 7. The molecule has 138 valence electrons. The van der Waals surface area contributed by atoms with Crippen LogP contribution in [0.25, 0.3) is 0 Å². The van der Waals surface area contributed by atoms with Crippen LogP contribution in [0.15, 0.2) is 53.4 Å². The maximum absolute atomic E-state index is 12.3. The Labute approximate surface area is 154 Å². The van der Waals surface area contributed by atoms with Crippen LogP contribution in [0.5, 0.6) is 0 Å². The summed E-state index contributed by atoms with van der Waals surface area (Å²) >= 11 is 0. The smallest absolute Gasteiger partial charge is 0.240 e. The van der Waals surface area contributed by atoms with E-state index in [0.717, 1.165) is 16.1 Å². The molecule has 0 saturated heterocycles. The van der Waals surface area contributed by atoms with Crippen molar-refractivity contribution < 1.29 is 16.8 Å². The Hall–Kier alpha value is -2.41. The van der Waals surface area contributed by atoms with Crippen molar-refractivity contribution in [2.24, 2.45) is 0 Å². The van der Waals surface area contributed by atoms with Gasteiger partial charge in [-0.15, -0.1) is 0 Å². The van der Waals surface area contributed by atoms with Crippen molar-refractivity contribution in [3.05, 3.63) is 59.7 Å². The summed E-state index contributed by atoms with van der Waals surface area (Å²) < 4.78 is 52.2. The Kier molecular flexibility index (Phi) is 6.02. The van der Waals surface area contributed by atoms with E-state index in [1.54, 1.807) is 24.3 Å². The molecule has 1 N–H and O–H groups in total.